The van der Waals surface area contributed by atoms with Crippen LogP contribution in [0.3, 0.4) is 0 Å². The zero-order valence-corrected chi connectivity index (χ0v) is 22.3. The largest absolute Gasteiger partial charge is 0.463 e. The van der Waals surface area contributed by atoms with E-state index in [4.69, 9.17) is 9.47 Å². The summed E-state index contributed by atoms with van der Waals surface area (Å²) in [6.45, 7) is 11.8. The number of rotatable bonds is 12. The first-order valence-electron chi connectivity index (χ1n) is 13.4. The highest BCUT2D eigenvalue weighted by Gasteiger charge is 2.58. The number of esters is 2. The number of carbonyl (C=O) groups excluding carboxylic acids is 2. The molecule has 2 unspecified atom stereocenters. The molecule has 2 aromatic carbocycles. The van der Waals surface area contributed by atoms with E-state index in [1.807, 2.05) is 52.0 Å². The average Bonchev–Trinajstić information content (AvgIpc) is 3.10. The van der Waals surface area contributed by atoms with Crippen molar-refractivity contribution in [3.05, 3.63) is 59.7 Å². The number of ether oxygens (including phenoxy) is 2. The van der Waals surface area contributed by atoms with Gasteiger partial charge in [0.25, 0.3) is 0 Å². The van der Waals surface area contributed by atoms with Gasteiger partial charge in [-0.05, 0) is 62.8 Å². The second kappa shape index (κ2) is 11.9. The highest BCUT2D eigenvalue weighted by Crippen LogP contribution is 2.59. The van der Waals surface area contributed by atoms with Crippen LogP contribution in [0, 0.1) is 11.8 Å². The van der Waals surface area contributed by atoms with E-state index in [9.17, 15) is 9.59 Å². The number of unbranched alkanes of at least 4 members (excludes halogenated alkanes) is 2. The SMILES string of the molecule is CCCCC(C(=O)OC(C)C)C1(C(CCCC)C(=O)OC(C)C)c2ccccc2-c2ccccc21. The predicted molar refractivity (Wildman–Crippen MR) is 141 cm³/mol. The Kier molecular flexibility index (Phi) is 9.15. The summed E-state index contributed by atoms with van der Waals surface area (Å²) in [7, 11) is 0. The monoisotopic (exact) mass is 478 g/mol. The van der Waals surface area contributed by atoms with Gasteiger partial charge in [0.05, 0.1) is 24.0 Å². The second-order valence-corrected chi connectivity index (χ2v) is 10.3. The molecule has 0 aliphatic heterocycles. The van der Waals surface area contributed by atoms with Gasteiger partial charge in [-0.2, -0.15) is 0 Å². The number of fused-ring (bicyclic) bond motifs is 3. The third-order valence-corrected chi connectivity index (χ3v) is 7.10. The van der Waals surface area contributed by atoms with E-state index in [1.165, 1.54) is 0 Å². The molecule has 35 heavy (non-hydrogen) atoms. The molecule has 0 amide bonds. The maximum atomic E-state index is 13.9. The second-order valence-electron chi connectivity index (χ2n) is 10.3. The van der Waals surface area contributed by atoms with Crippen LogP contribution in [-0.4, -0.2) is 24.1 Å². The van der Waals surface area contributed by atoms with Crippen LogP contribution in [-0.2, 0) is 24.5 Å². The fraction of sp³-hybridized carbons (Fsp3) is 0.548. The maximum absolute atomic E-state index is 13.9. The quantitative estimate of drug-likeness (QED) is 0.297. The molecule has 0 bridgehead atoms. The molecule has 0 spiro atoms. The Hall–Kier alpha value is -2.62. The van der Waals surface area contributed by atoms with Crippen molar-refractivity contribution in [2.45, 2.75) is 97.7 Å². The summed E-state index contributed by atoms with van der Waals surface area (Å²) in [6, 6.07) is 16.6. The van der Waals surface area contributed by atoms with Gasteiger partial charge in [0, 0.05) is 5.41 Å². The van der Waals surface area contributed by atoms with E-state index >= 15 is 0 Å². The normalized spacial score (nSPS) is 15.4. The standard InChI is InChI=1S/C31H42O4/c1-7-9-17-27(29(32)34-21(3)4)31(28(18-10-8-2)30(33)35-22(5)6)25-19-13-11-15-23(25)24-16-12-14-20-26(24)31/h11-16,19-22,27-28H,7-10,17-18H2,1-6H3. The van der Waals surface area contributed by atoms with Gasteiger partial charge in [0.15, 0.2) is 0 Å². The topological polar surface area (TPSA) is 52.6 Å². The molecule has 0 saturated carbocycles. The van der Waals surface area contributed by atoms with Crippen LogP contribution in [0.2, 0.25) is 0 Å². The number of carbonyl (C=O) groups is 2. The van der Waals surface area contributed by atoms with E-state index in [0.29, 0.717) is 12.8 Å². The van der Waals surface area contributed by atoms with Gasteiger partial charge in [0.2, 0.25) is 0 Å². The van der Waals surface area contributed by atoms with Gasteiger partial charge in [-0.1, -0.05) is 88.1 Å². The maximum Gasteiger partial charge on any atom is 0.310 e. The molecule has 3 rings (SSSR count). The summed E-state index contributed by atoms with van der Waals surface area (Å²) >= 11 is 0. The van der Waals surface area contributed by atoms with Crippen LogP contribution in [0.4, 0.5) is 0 Å². The Morgan fingerprint density at radius 3 is 1.40 bits per heavy atom. The highest BCUT2D eigenvalue weighted by molar-refractivity contribution is 5.90. The van der Waals surface area contributed by atoms with E-state index < -0.39 is 17.3 Å². The smallest absolute Gasteiger partial charge is 0.310 e. The molecule has 190 valence electrons. The van der Waals surface area contributed by atoms with Crippen LogP contribution in [0.5, 0.6) is 0 Å². The van der Waals surface area contributed by atoms with Crippen molar-refractivity contribution in [1.82, 2.24) is 0 Å². The predicted octanol–water partition coefficient (Wildman–Crippen LogP) is 7.47. The first-order valence-corrected chi connectivity index (χ1v) is 13.4. The van der Waals surface area contributed by atoms with Crippen molar-refractivity contribution < 1.29 is 19.1 Å². The van der Waals surface area contributed by atoms with E-state index in [0.717, 1.165) is 47.9 Å². The minimum Gasteiger partial charge on any atom is -0.463 e. The van der Waals surface area contributed by atoms with Crippen LogP contribution >= 0.6 is 0 Å². The van der Waals surface area contributed by atoms with Crippen molar-refractivity contribution in [2.24, 2.45) is 11.8 Å². The summed E-state index contributed by atoms with van der Waals surface area (Å²) in [5, 5.41) is 0. The first-order chi connectivity index (χ1) is 16.8. The summed E-state index contributed by atoms with van der Waals surface area (Å²) in [5.74, 6) is -1.43. The zero-order valence-electron chi connectivity index (χ0n) is 22.3. The third-order valence-electron chi connectivity index (χ3n) is 7.10. The zero-order chi connectivity index (χ0) is 25.6. The summed E-state index contributed by atoms with van der Waals surface area (Å²) in [4.78, 5) is 27.8. The molecule has 0 heterocycles. The Morgan fingerprint density at radius 1 is 0.686 bits per heavy atom. The van der Waals surface area contributed by atoms with E-state index in [1.54, 1.807) is 0 Å². The number of benzene rings is 2. The molecule has 4 heteroatoms. The highest BCUT2D eigenvalue weighted by atomic mass is 16.5. The van der Waals surface area contributed by atoms with Crippen molar-refractivity contribution in [1.29, 1.82) is 0 Å². The molecule has 4 nitrogen and oxygen atoms in total. The summed E-state index contributed by atoms with van der Waals surface area (Å²) in [6.07, 6.45) is 4.53. The number of hydrogen-bond donors (Lipinski definition) is 0. The van der Waals surface area contributed by atoms with Crippen LogP contribution in [0.25, 0.3) is 11.1 Å². The molecule has 2 aromatic rings. The molecule has 0 saturated heterocycles. The molecule has 1 aliphatic carbocycles. The van der Waals surface area contributed by atoms with Crippen molar-refractivity contribution >= 4 is 11.9 Å². The fourth-order valence-corrected chi connectivity index (χ4v) is 5.80. The minimum absolute atomic E-state index is 0.223. The Labute approximate surface area is 211 Å². The lowest BCUT2D eigenvalue weighted by atomic mass is 9.58. The molecular formula is C31H42O4. The molecule has 2 atom stereocenters. The number of hydrogen-bond acceptors (Lipinski definition) is 4. The fourth-order valence-electron chi connectivity index (χ4n) is 5.80. The van der Waals surface area contributed by atoms with Gasteiger partial charge < -0.3 is 9.47 Å². The Morgan fingerprint density at radius 2 is 1.06 bits per heavy atom. The lowest BCUT2D eigenvalue weighted by Gasteiger charge is -2.44. The van der Waals surface area contributed by atoms with Crippen LogP contribution in [0.1, 0.15) is 91.2 Å². The van der Waals surface area contributed by atoms with Crippen LogP contribution in [0.15, 0.2) is 48.5 Å². The first kappa shape index (κ1) is 27.0. The van der Waals surface area contributed by atoms with E-state index in [-0.39, 0.29) is 24.1 Å². The van der Waals surface area contributed by atoms with Crippen molar-refractivity contribution in [3.8, 4) is 11.1 Å². The average molecular weight is 479 g/mol. The van der Waals surface area contributed by atoms with Gasteiger partial charge in [0.1, 0.15) is 0 Å². The third kappa shape index (κ3) is 5.32. The molecule has 1 aliphatic rings. The molecular weight excluding hydrogens is 436 g/mol. The van der Waals surface area contributed by atoms with Crippen molar-refractivity contribution in [3.63, 3.8) is 0 Å². The van der Waals surface area contributed by atoms with Crippen molar-refractivity contribution in [2.75, 3.05) is 0 Å². The van der Waals surface area contributed by atoms with Gasteiger partial charge in [-0.25, -0.2) is 0 Å². The van der Waals surface area contributed by atoms with Gasteiger partial charge in [-0.15, -0.1) is 0 Å². The minimum atomic E-state index is -0.838. The summed E-state index contributed by atoms with van der Waals surface area (Å²) in [5.41, 5.74) is 3.45. The van der Waals surface area contributed by atoms with Gasteiger partial charge in [-0.3, -0.25) is 9.59 Å². The Bertz CT molecular complexity index is 925. The Balaban J connectivity index is 2.37. The lowest BCUT2D eigenvalue weighted by molar-refractivity contribution is -0.161. The molecule has 0 radical (unpaired) electrons. The van der Waals surface area contributed by atoms with Crippen LogP contribution < -0.4 is 0 Å². The molecule has 0 fully saturated rings. The summed E-state index contributed by atoms with van der Waals surface area (Å²) < 4.78 is 11.8. The van der Waals surface area contributed by atoms with Gasteiger partial charge >= 0.3 is 11.9 Å². The van der Waals surface area contributed by atoms with E-state index in [2.05, 4.69) is 38.1 Å². The lowest BCUT2D eigenvalue weighted by Crippen LogP contribution is -2.50. The molecule has 0 N–H and O–H groups in total. The molecule has 0 aromatic heterocycles.